The zero-order valence-electron chi connectivity index (χ0n) is 11.6. The van der Waals surface area contributed by atoms with Crippen LogP contribution in [0.1, 0.15) is 53.4 Å². The van der Waals surface area contributed by atoms with Crippen molar-refractivity contribution in [3.63, 3.8) is 0 Å². The highest BCUT2D eigenvalue weighted by Gasteiger charge is 2.29. The highest BCUT2D eigenvalue weighted by Crippen LogP contribution is 2.23. The summed E-state index contributed by atoms with van der Waals surface area (Å²) in [5.41, 5.74) is 0. The van der Waals surface area contributed by atoms with Gasteiger partial charge in [-0.1, -0.05) is 19.8 Å². The van der Waals surface area contributed by atoms with Gasteiger partial charge in [0.25, 0.3) is 0 Å². The minimum atomic E-state index is -2.98. The van der Waals surface area contributed by atoms with E-state index in [1.54, 1.807) is 20.8 Å². The van der Waals surface area contributed by atoms with Crippen LogP contribution in [0.15, 0.2) is 0 Å². The molecule has 3 nitrogen and oxygen atoms in total. The van der Waals surface area contributed by atoms with Crippen LogP contribution in [0.4, 0.5) is 0 Å². The van der Waals surface area contributed by atoms with Crippen LogP contribution < -0.4 is 5.32 Å². The van der Waals surface area contributed by atoms with Crippen LogP contribution in [0.2, 0.25) is 0 Å². The quantitative estimate of drug-likeness (QED) is 0.845. The molecule has 17 heavy (non-hydrogen) atoms. The fourth-order valence-electron chi connectivity index (χ4n) is 2.30. The topological polar surface area (TPSA) is 46.2 Å². The number of nitrogens with one attached hydrogen (secondary N) is 1. The van der Waals surface area contributed by atoms with Crippen molar-refractivity contribution in [2.75, 3.05) is 12.3 Å². The molecule has 0 amide bonds. The van der Waals surface area contributed by atoms with Crippen molar-refractivity contribution in [2.24, 2.45) is 5.92 Å². The van der Waals surface area contributed by atoms with E-state index in [4.69, 9.17) is 0 Å². The first-order valence-electron chi connectivity index (χ1n) is 6.70. The van der Waals surface area contributed by atoms with Gasteiger partial charge in [-0.25, -0.2) is 8.42 Å². The molecule has 0 saturated heterocycles. The molecule has 1 aliphatic rings. The summed E-state index contributed by atoms with van der Waals surface area (Å²) >= 11 is 0. The Morgan fingerprint density at radius 3 is 2.29 bits per heavy atom. The van der Waals surface area contributed by atoms with Crippen LogP contribution in [0.25, 0.3) is 0 Å². The van der Waals surface area contributed by atoms with Gasteiger partial charge in [0.05, 0.1) is 10.5 Å². The number of sulfone groups is 1. The standard InChI is InChI=1S/C13H27NO2S/c1-11-7-5-6-8-12(11)14-9-10-17(15,16)13(2,3)4/h11-12,14H,5-10H2,1-4H3. The first-order valence-corrected chi connectivity index (χ1v) is 8.35. The normalized spacial score (nSPS) is 27.1. The molecule has 0 aromatic rings. The predicted molar refractivity (Wildman–Crippen MR) is 73.0 cm³/mol. The monoisotopic (exact) mass is 261 g/mol. The van der Waals surface area contributed by atoms with Crippen molar-refractivity contribution in [2.45, 2.75) is 64.2 Å². The Kier molecular flexibility index (Phi) is 5.02. The Labute approximate surface area is 106 Å². The van der Waals surface area contributed by atoms with Crippen LogP contribution in [0.3, 0.4) is 0 Å². The molecule has 102 valence electrons. The Morgan fingerprint density at radius 1 is 1.18 bits per heavy atom. The zero-order chi connectivity index (χ0) is 13.1. The van der Waals surface area contributed by atoms with Gasteiger partial charge in [-0.15, -0.1) is 0 Å². The first-order chi connectivity index (χ1) is 7.74. The molecule has 1 N–H and O–H groups in total. The first kappa shape index (κ1) is 15.0. The minimum absolute atomic E-state index is 0.250. The van der Waals surface area contributed by atoms with E-state index in [0.717, 1.165) is 0 Å². The van der Waals surface area contributed by atoms with Gasteiger partial charge in [-0.05, 0) is 39.5 Å². The molecule has 0 radical (unpaired) electrons. The van der Waals surface area contributed by atoms with Gasteiger partial charge in [0.1, 0.15) is 0 Å². The summed E-state index contributed by atoms with van der Waals surface area (Å²) in [6.45, 7) is 8.16. The molecule has 4 heteroatoms. The fraction of sp³-hybridized carbons (Fsp3) is 1.00. The third kappa shape index (κ3) is 4.25. The summed E-state index contributed by atoms with van der Waals surface area (Å²) < 4.78 is 23.2. The fourth-order valence-corrected chi connectivity index (χ4v) is 3.30. The van der Waals surface area contributed by atoms with Crippen molar-refractivity contribution in [1.82, 2.24) is 5.32 Å². The van der Waals surface area contributed by atoms with Gasteiger partial charge in [0.15, 0.2) is 9.84 Å². The lowest BCUT2D eigenvalue weighted by atomic mass is 9.86. The maximum Gasteiger partial charge on any atom is 0.156 e. The molecule has 1 saturated carbocycles. The Hall–Kier alpha value is -0.0900. The van der Waals surface area contributed by atoms with Crippen LogP contribution in [0, 0.1) is 5.92 Å². The third-order valence-corrected chi connectivity index (χ3v) is 6.43. The minimum Gasteiger partial charge on any atom is -0.313 e. The molecular formula is C13H27NO2S. The van der Waals surface area contributed by atoms with Crippen LogP contribution >= 0.6 is 0 Å². The molecule has 1 rings (SSSR count). The number of hydrogen-bond acceptors (Lipinski definition) is 3. The maximum absolute atomic E-state index is 11.9. The molecular weight excluding hydrogens is 234 g/mol. The molecule has 0 spiro atoms. The molecule has 2 unspecified atom stereocenters. The third-order valence-electron chi connectivity index (χ3n) is 3.82. The highest BCUT2D eigenvalue weighted by molar-refractivity contribution is 7.92. The predicted octanol–water partition coefficient (Wildman–Crippen LogP) is 2.37. The summed E-state index contributed by atoms with van der Waals surface area (Å²) in [4.78, 5) is 0. The Morgan fingerprint density at radius 2 is 1.76 bits per heavy atom. The average molecular weight is 261 g/mol. The van der Waals surface area contributed by atoms with E-state index < -0.39 is 14.6 Å². The molecule has 0 aromatic carbocycles. The molecule has 0 bridgehead atoms. The summed E-state index contributed by atoms with van der Waals surface area (Å²) in [6.07, 6.45) is 5.05. The van der Waals surface area contributed by atoms with Gasteiger partial charge < -0.3 is 5.32 Å². The largest absolute Gasteiger partial charge is 0.313 e. The second-order valence-electron chi connectivity index (χ2n) is 6.25. The molecule has 0 heterocycles. The van der Waals surface area contributed by atoms with Gasteiger partial charge in [0, 0.05) is 12.6 Å². The van der Waals surface area contributed by atoms with E-state index in [-0.39, 0.29) is 5.75 Å². The van der Waals surface area contributed by atoms with Crippen molar-refractivity contribution in [3.05, 3.63) is 0 Å². The molecule has 1 fully saturated rings. The molecule has 0 aliphatic heterocycles. The van der Waals surface area contributed by atoms with E-state index in [2.05, 4.69) is 12.2 Å². The molecule has 1 aliphatic carbocycles. The zero-order valence-corrected chi connectivity index (χ0v) is 12.4. The number of hydrogen-bond donors (Lipinski definition) is 1. The molecule has 0 aromatic heterocycles. The lowest BCUT2D eigenvalue weighted by Gasteiger charge is -2.30. The summed E-state index contributed by atoms with van der Waals surface area (Å²) in [6, 6.07) is 0.513. The lowest BCUT2D eigenvalue weighted by Crippen LogP contribution is -2.41. The van der Waals surface area contributed by atoms with Crippen LogP contribution in [-0.2, 0) is 9.84 Å². The van der Waals surface area contributed by atoms with E-state index >= 15 is 0 Å². The van der Waals surface area contributed by atoms with Gasteiger partial charge in [-0.2, -0.15) is 0 Å². The summed E-state index contributed by atoms with van der Waals surface area (Å²) in [5, 5.41) is 3.42. The SMILES string of the molecule is CC1CCCCC1NCCS(=O)(=O)C(C)(C)C. The van der Waals surface area contributed by atoms with E-state index in [1.807, 2.05) is 0 Å². The van der Waals surface area contributed by atoms with Gasteiger partial charge >= 0.3 is 0 Å². The second-order valence-corrected chi connectivity index (χ2v) is 9.12. The molecule has 2 atom stereocenters. The van der Waals surface area contributed by atoms with Crippen LogP contribution in [-0.4, -0.2) is 31.5 Å². The summed E-state index contributed by atoms with van der Waals surface area (Å²) in [5.74, 6) is 0.931. The lowest BCUT2D eigenvalue weighted by molar-refractivity contribution is 0.285. The smallest absolute Gasteiger partial charge is 0.156 e. The number of rotatable bonds is 4. The van der Waals surface area contributed by atoms with E-state index in [1.165, 1.54) is 25.7 Å². The van der Waals surface area contributed by atoms with Crippen molar-refractivity contribution in [3.8, 4) is 0 Å². The Bertz CT molecular complexity index is 330. The van der Waals surface area contributed by atoms with Crippen LogP contribution in [0.5, 0.6) is 0 Å². The summed E-state index contributed by atoms with van der Waals surface area (Å²) in [7, 11) is -2.98. The van der Waals surface area contributed by atoms with Gasteiger partial charge in [-0.3, -0.25) is 0 Å². The Balaban J connectivity index is 2.37. The average Bonchev–Trinajstić information content (AvgIpc) is 2.19. The maximum atomic E-state index is 11.9. The van der Waals surface area contributed by atoms with Gasteiger partial charge in [0.2, 0.25) is 0 Å². The highest BCUT2D eigenvalue weighted by atomic mass is 32.2. The second kappa shape index (κ2) is 5.70. The van der Waals surface area contributed by atoms with E-state index in [0.29, 0.717) is 18.5 Å². The van der Waals surface area contributed by atoms with Crippen molar-refractivity contribution >= 4 is 9.84 Å². The van der Waals surface area contributed by atoms with Crippen molar-refractivity contribution < 1.29 is 8.42 Å². The van der Waals surface area contributed by atoms with Crippen molar-refractivity contribution in [1.29, 1.82) is 0 Å². The van der Waals surface area contributed by atoms with E-state index in [9.17, 15) is 8.42 Å².